The van der Waals surface area contributed by atoms with E-state index in [9.17, 15) is 18.1 Å². The van der Waals surface area contributed by atoms with E-state index in [0.29, 0.717) is 12.8 Å². The van der Waals surface area contributed by atoms with Gasteiger partial charge >= 0.3 is 0 Å². The molecule has 0 fully saturated rings. The maximum Gasteiger partial charge on any atom is 0.267 e. The zero-order chi connectivity index (χ0) is 21.8. The van der Waals surface area contributed by atoms with Crippen molar-refractivity contribution < 1.29 is 18.1 Å². The molecular weight excluding hydrogens is 384 g/mol. The summed E-state index contributed by atoms with van der Waals surface area (Å²) in [5.41, 5.74) is 0. The van der Waals surface area contributed by atoms with Crippen LogP contribution in [0.15, 0.2) is 0 Å². The number of aliphatic hydroxyl groups is 1. The van der Waals surface area contributed by atoms with Crippen molar-refractivity contribution in [2.24, 2.45) is 0 Å². The average molecular weight is 435 g/mol. The largest absolute Gasteiger partial charge is 0.393 e. The quantitative estimate of drug-likeness (QED) is 0.137. The minimum Gasteiger partial charge on any atom is -0.393 e. The number of rotatable bonds is 22. The van der Waals surface area contributed by atoms with Crippen LogP contribution in [0, 0.1) is 0 Å². The molecule has 0 aromatic heterocycles. The summed E-state index contributed by atoms with van der Waals surface area (Å²) in [6.45, 7) is 4.20. The fourth-order valence-electron chi connectivity index (χ4n) is 4.06. The summed E-state index contributed by atoms with van der Waals surface area (Å²) >= 11 is 0. The molecule has 0 saturated heterocycles. The molecule has 2 atom stereocenters. The summed E-state index contributed by atoms with van der Waals surface area (Å²) < 4.78 is 31.8. The molecule has 5 heteroatoms. The third kappa shape index (κ3) is 19.6. The predicted octanol–water partition coefficient (Wildman–Crippen LogP) is 7.45. The van der Waals surface area contributed by atoms with E-state index in [1.165, 1.54) is 51.4 Å². The fourth-order valence-corrected chi connectivity index (χ4v) is 5.06. The van der Waals surface area contributed by atoms with Crippen molar-refractivity contribution in [1.82, 2.24) is 0 Å². The van der Waals surface area contributed by atoms with Gasteiger partial charge in [0.15, 0.2) is 0 Å². The monoisotopic (exact) mass is 434 g/mol. The van der Waals surface area contributed by atoms with E-state index in [2.05, 4.69) is 6.92 Å². The van der Waals surface area contributed by atoms with E-state index in [1.807, 2.05) is 6.92 Å². The molecule has 0 amide bonds. The van der Waals surface area contributed by atoms with Crippen molar-refractivity contribution in [3.05, 3.63) is 0 Å². The molecule has 0 aliphatic heterocycles. The van der Waals surface area contributed by atoms with Crippen LogP contribution >= 0.6 is 0 Å². The van der Waals surface area contributed by atoms with Gasteiger partial charge in [-0.05, 0) is 25.7 Å². The molecule has 0 rings (SSSR count). The Balaban J connectivity index is 3.42. The standard InChI is InChI=1S/C24H50O4S/c1-3-5-6-7-8-9-10-13-16-20-23(25)21-17-14-11-12-15-18-22-24(19-4-2)29(26,27)28/h23-25H,3-22H2,1-2H3,(H,26,27,28). The maximum absolute atomic E-state index is 11.3. The predicted molar refractivity (Wildman–Crippen MR) is 125 cm³/mol. The van der Waals surface area contributed by atoms with Gasteiger partial charge in [0.25, 0.3) is 10.1 Å². The highest BCUT2D eigenvalue weighted by Crippen LogP contribution is 2.18. The molecule has 0 aromatic rings. The Kier molecular flexibility index (Phi) is 19.7. The molecule has 4 nitrogen and oxygen atoms in total. The Labute approximate surface area is 182 Å². The van der Waals surface area contributed by atoms with Crippen molar-refractivity contribution in [2.75, 3.05) is 0 Å². The first-order chi connectivity index (χ1) is 13.9. The van der Waals surface area contributed by atoms with Crippen molar-refractivity contribution in [1.29, 1.82) is 0 Å². The minimum atomic E-state index is -3.88. The summed E-state index contributed by atoms with van der Waals surface area (Å²) in [6, 6.07) is 0. The van der Waals surface area contributed by atoms with Crippen molar-refractivity contribution in [3.8, 4) is 0 Å². The van der Waals surface area contributed by atoms with Crippen LogP contribution in [0.25, 0.3) is 0 Å². The number of hydrogen-bond acceptors (Lipinski definition) is 3. The van der Waals surface area contributed by atoms with Gasteiger partial charge in [-0.25, -0.2) is 0 Å². The van der Waals surface area contributed by atoms with Crippen LogP contribution in [0.4, 0.5) is 0 Å². The van der Waals surface area contributed by atoms with E-state index in [0.717, 1.165) is 64.2 Å². The number of hydrogen-bond donors (Lipinski definition) is 2. The van der Waals surface area contributed by atoms with Gasteiger partial charge in [-0.1, -0.05) is 117 Å². The zero-order valence-electron chi connectivity index (χ0n) is 19.4. The Morgan fingerprint density at radius 3 is 1.31 bits per heavy atom. The summed E-state index contributed by atoms with van der Waals surface area (Å²) in [7, 11) is -3.88. The van der Waals surface area contributed by atoms with Crippen LogP contribution in [0.1, 0.15) is 142 Å². The SMILES string of the molecule is CCCCCCCCCCCC(O)CCCCCCCCC(CCC)S(=O)(=O)O. The molecule has 2 unspecified atom stereocenters. The van der Waals surface area contributed by atoms with E-state index < -0.39 is 15.4 Å². The lowest BCUT2D eigenvalue weighted by Crippen LogP contribution is -2.20. The van der Waals surface area contributed by atoms with Gasteiger partial charge in [-0.15, -0.1) is 0 Å². The van der Waals surface area contributed by atoms with Gasteiger partial charge in [0.05, 0.1) is 11.4 Å². The van der Waals surface area contributed by atoms with Crippen LogP contribution < -0.4 is 0 Å². The van der Waals surface area contributed by atoms with Crippen LogP contribution in [0.5, 0.6) is 0 Å². The second kappa shape index (κ2) is 19.8. The normalized spacial score (nSPS) is 14.2. The first-order valence-corrected chi connectivity index (χ1v) is 14.1. The van der Waals surface area contributed by atoms with Crippen molar-refractivity contribution >= 4 is 10.1 Å². The molecule has 0 bridgehead atoms. The van der Waals surface area contributed by atoms with E-state index in [4.69, 9.17) is 0 Å². The Morgan fingerprint density at radius 1 is 0.552 bits per heavy atom. The average Bonchev–Trinajstić information content (AvgIpc) is 2.67. The van der Waals surface area contributed by atoms with Gasteiger partial charge in [0.1, 0.15) is 0 Å². The van der Waals surface area contributed by atoms with Crippen LogP contribution in [0.2, 0.25) is 0 Å². The molecule has 0 saturated carbocycles. The highest BCUT2D eigenvalue weighted by atomic mass is 32.2. The van der Waals surface area contributed by atoms with E-state index in [-0.39, 0.29) is 6.10 Å². The van der Waals surface area contributed by atoms with Crippen LogP contribution in [0.3, 0.4) is 0 Å². The number of unbranched alkanes of at least 4 members (excludes halogenated alkanes) is 13. The molecule has 0 radical (unpaired) electrons. The summed E-state index contributed by atoms with van der Waals surface area (Å²) in [5, 5.41) is 9.52. The van der Waals surface area contributed by atoms with Crippen LogP contribution in [-0.4, -0.2) is 29.4 Å². The van der Waals surface area contributed by atoms with Gasteiger partial charge in [0.2, 0.25) is 0 Å². The molecule has 0 heterocycles. The highest BCUT2D eigenvalue weighted by molar-refractivity contribution is 7.86. The lowest BCUT2D eigenvalue weighted by Gasteiger charge is -2.12. The molecule has 2 N–H and O–H groups in total. The van der Waals surface area contributed by atoms with Crippen molar-refractivity contribution in [2.45, 2.75) is 154 Å². The Bertz CT molecular complexity index is 436. The third-order valence-electron chi connectivity index (χ3n) is 5.99. The molecule has 0 aliphatic carbocycles. The summed E-state index contributed by atoms with van der Waals surface area (Å²) in [6.07, 6.45) is 21.9. The molecule has 0 spiro atoms. The lowest BCUT2D eigenvalue weighted by atomic mass is 10.0. The third-order valence-corrected chi connectivity index (χ3v) is 7.30. The maximum atomic E-state index is 11.3. The van der Waals surface area contributed by atoms with Gasteiger partial charge < -0.3 is 5.11 Å². The van der Waals surface area contributed by atoms with Gasteiger partial charge in [-0.3, -0.25) is 4.55 Å². The first kappa shape index (κ1) is 28.9. The zero-order valence-corrected chi connectivity index (χ0v) is 20.2. The highest BCUT2D eigenvalue weighted by Gasteiger charge is 2.21. The van der Waals surface area contributed by atoms with E-state index in [1.54, 1.807) is 0 Å². The molecule has 29 heavy (non-hydrogen) atoms. The fraction of sp³-hybridized carbons (Fsp3) is 1.00. The van der Waals surface area contributed by atoms with Crippen molar-refractivity contribution in [3.63, 3.8) is 0 Å². The molecule has 0 aliphatic rings. The van der Waals surface area contributed by atoms with Gasteiger partial charge in [0, 0.05) is 0 Å². The van der Waals surface area contributed by atoms with Crippen LogP contribution in [-0.2, 0) is 10.1 Å². The second-order valence-corrected chi connectivity index (χ2v) is 10.6. The number of aliphatic hydroxyl groups excluding tert-OH is 1. The first-order valence-electron chi connectivity index (χ1n) is 12.6. The Hall–Kier alpha value is -0.130. The van der Waals surface area contributed by atoms with E-state index >= 15 is 0 Å². The molecule has 0 aromatic carbocycles. The second-order valence-electron chi connectivity index (χ2n) is 8.90. The summed E-state index contributed by atoms with van der Waals surface area (Å²) in [5.74, 6) is 0. The molecule has 176 valence electrons. The molecular formula is C24H50O4S. The summed E-state index contributed by atoms with van der Waals surface area (Å²) in [4.78, 5) is 0. The van der Waals surface area contributed by atoms with Gasteiger partial charge in [-0.2, -0.15) is 8.42 Å². The topological polar surface area (TPSA) is 74.6 Å². The Morgan fingerprint density at radius 2 is 0.931 bits per heavy atom. The smallest absolute Gasteiger partial charge is 0.267 e. The lowest BCUT2D eigenvalue weighted by molar-refractivity contribution is 0.147. The minimum absolute atomic E-state index is 0.135.